The number of ketones is 1. The molecule has 0 aliphatic carbocycles. The molecule has 0 amide bonds. The first-order valence-electron chi connectivity index (χ1n) is 3.71. The Morgan fingerprint density at radius 2 is 2.08 bits per heavy atom. The summed E-state index contributed by atoms with van der Waals surface area (Å²) in [6.45, 7) is 1.82. The van der Waals surface area contributed by atoms with Crippen molar-refractivity contribution in [2.45, 2.75) is 19.9 Å². The number of allylic oxidation sites excluding steroid dienone is 2. The summed E-state index contributed by atoms with van der Waals surface area (Å²) in [7, 11) is 0. The third-order valence-corrected chi connectivity index (χ3v) is 1.27. The van der Waals surface area contributed by atoms with Gasteiger partial charge in [0.05, 0.1) is 0 Å². The molecule has 5 heteroatoms. The fourth-order valence-electron chi connectivity index (χ4n) is 0.788. The van der Waals surface area contributed by atoms with Crippen molar-refractivity contribution < 1.29 is 19.1 Å². The van der Waals surface area contributed by atoms with E-state index in [1.54, 1.807) is 0 Å². The molecule has 0 aliphatic heterocycles. The van der Waals surface area contributed by atoms with Crippen molar-refractivity contribution in [3.63, 3.8) is 0 Å². The van der Waals surface area contributed by atoms with Crippen molar-refractivity contribution in [2.75, 3.05) is 6.67 Å². The minimum absolute atomic E-state index is 0.215. The minimum Gasteiger partial charge on any atom is -0.480 e. The maximum Gasteiger partial charge on any atom is 0.328 e. The van der Waals surface area contributed by atoms with Gasteiger partial charge in [-0.2, -0.15) is 0 Å². The van der Waals surface area contributed by atoms with Gasteiger partial charge in [0.2, 0.25) is 0 Å². The Morgan fingerprint density at radius 1 is 1.54 bits per heavy atom. The van der Waals surface area contributed by atoms with Crippen molar-refractivity contribution in [2.24, 2.45) is 0 Å². The molecular weight excluding hydrogens is 177 g/mol. The predicted octanol–water partition coefficient (Wildman–Crippen LogP) is 0.491. The molecule has 0 saturated heterocycles. The van der Waals surface area contributed by atoms with Gasteiger partial charge in [-0.05, 0) is 19.9 Å². The van der Waals surface area contributed by atoms with Crippen LogP contribution in [-0.4, -0.2) is 29.6 Å². The predicted molar refractivity (Wildman–Crippen MR) is 45.0 cm³/mol. The van der Waals surface area contributed by atoms with Gasteiger partial charge in [-0.15, -0.1) is 0 Å². The Morgan fingerprint density at radius 3 is 2.38 bits per heavy atom. The second kappa shape index (κ2) is 5.29. The highest BCUT2D eigenvalue weighted by atomic mass is 19.1. The number of carbonyl (C=O) groups is 2. The summed E-state index contributed by atoms with van der Waals surface area (Å²) in [6, 6.07) is -1.28. The quantitative estimate of drug-likeness (QED) is 0.618. The number of hydrogen-bond acceptors (Lipinski definition) is 3. The second-order valence-corrected chi connectivity index (χ2v) is 2.63. The molecule has 74 valence electrons. The maximum absolute atomic E-state index is 12.1. The molecule has 1 atom stereocenters. The molecule has 0 aliphatic rings. The smallest absolute Gasteiger partial charge is 0.328 e. The molecule has 0 fully saturated rings. The number of carboxylic acids is 1. The highest BCUT2D eigenvalue weighted by Gasteiger charge is 2.16. The number of alkyl halides is 1. The van der Waals surface area contributed by atoms with Crippen LogP contribution in [0.5, 0.6) is 0 Å². The van der Waals surface area contributed by atoms with Crippen LogP contribution < -0.4 is 5.32 Å². The van der Waals surface area contributed by atoms with E-state index in [1.165, 1.54) is 19.9 Å². The SMILES string of the molecule is CC(=O)/C=C(/C)NC(CF)C(=O)O. The first-order chi connectivity index (χ1) is 5.97. The summed E-state index contributed by atoms with van der Waals surface area (Å²) in [4.78, 5) is 20.9. The number of nitrogens with one attached hydrogen (secondary N) is 1. The largest absolute Gasteiger partial charge is 0.480 e. The van der Waals surface area contributed by atoms with Crippen LogP contribution in [0, 0.1) is 0 Å². The third-order valence-electron chi connectivity index (χ3n) is 1.27. The lowest BCUT2D eigenvalue weighted by molar-refractivity contribution is -0.139. The van der Waals surface area contributed by atoms with E-state index in [0.29, 0.717) is 5.70 Å². The van der Waals surface area contributed by atoms with E-state index in [0.717, 1.165) is 0 Å². The van der Waals surface area contributed by atoms with Gasteiger partial charge in [-0.25, -0.2) is 9.18 Å². The van der Waals surface area contributed by atoms with Gasteiger partial charge in [0.25, 0.3) is 0 Å². The van der Waals surface area contributed by atoms with E-state index in [2.05, 4.69) is 5.32 Å². The highest BCUT2D eigenvalue weighted by Crippen LogP contribution is 1.93. The van der Waals surface area contributed by atoms with Gasteiger partial charge in [0.1, 0.15) is 6.67 Å². The van der Waals surface area contributed by atoms with Gasteiger partial charge in [0.15, 0.2) is 11.8 Å². The summed E-state index contributed by atoms with van der Waals surface area (Å²) in [5.74, 6) is -1.49. The van der Waals surface area contributed by atoms with Crippen LogP contribution in [0.2, 0.25) is 0 Å². The topological polar surface area (TPSA) is 66.4 Å². The second-order valence-electron chi connectivity index (χ2n) is 2.63. The van der Waals surface area contributed by atoms with Crippen molar-refractivity contribution in [3.8, 4) is 0 Å². The molecule has 0 spiro atoms. The summed E-state index contributed by atoms with van der Waals surface area (Å²) in [5, 5.41) is 10.8. The Hall–Kier alpha value is -1.39. The number of rotatable bonds is 5. The van der Waals surface area contributed by atoms with E-state index in [1.807, 2.05) is 0 Å². The van der Waals surface area contributed by atoms with Crippen LogP contribution in [-0.2, 0) is 9.59 Å². The lowest BCUT2D eigenvalue weighted by atomic mass is 10.3. The molecule has 1 unspecified atom stereocenters. The summed E-state index contributed by atoms with van der Waals surface area (Å²) >= 11 is 0. The molecule has 0 bridgehead atoms. The monoisotopic (exact) mass is 189 g/mol. The first kappa shape index (κ1) is 11.6. The van der Waals surface area contributed by atoms with Crippen molar-refractivity contribution in [3.05, 3.63) is 11.8 Å². The van der Waals surface area contributed by atoms with Crippen molar-refractivity contribution in [1.29, 1.82) is 0 Å². The molecule has 0 rings (SSSR count). The average molecular weight is 189 g/mol. The number of hydrogen-bond donors (Lipinski definition) is 2. The Balaban J connectivity index is 4.24. The summed E-state index contributed by atoms with van der Waals surface area (Å²) in [6.07, 6.45) is 1.21. The van der Waals surface area contributed by atoms with Crippen LogP contribution >= 0.6 is 0 Å². The lowest BCUT2D eigenvalue weighted by Crippen LogP contribution is -2.37. The molecule has 0 saturated carbocycles. The van der Waals surface area contributed by atoms with E-state index >= 15 is 0 Å². The molecule has 0 aromatic heterocycles. The summed E-state index contributed by atoms with van der Waals surface area (Å²) in [5.41, 5.74) is 0.345. The molecule has 0 aromatic carbocycles. The normalized spacial score (nSPS) is 13.6. The number of carboxylic acid groups (broad SMARTS) is 1. The van der Waals surface area contributed by atoms with Gasteiger partial charge < -0.3 is 10.4 Å². The van der Waals surface area contributed by atoms with Crippen LogP contribution in [0.3, 0.4) is 0 Å². The van der Waals surface area contributed by atoms with Gasteiger partial charge >= 0.3 is 5.97 Å². The molecule has 2 N–H and O–H groups in total. The molecule has 13 heavy (non-hydrogen) atoms. The zero-order valence-electron chi connectivity index (χ0n) is 7.50. The maximum atomic E-state index is 12.1. The van der Waals surface area contributed by atoms with Crippen LogP contribution in [0.4, 0.5) is 4.39 Å². The van der Waals surface area contributed by atoms with Crippen LogP contribution in [0.15, 0.2) is 11.8 Å². The Labute approximate surface area is 75.4 Å². The molecule has 0 aromatic rings. The highest BCUT2D eigenvalue weighted by molar-refractivity contribution is 5.87. The van der Waals surface area contributed by atoms with Gasteiger partial charge in [-0.1, -0.05) is 0 Å². The standard InChI is InChI=1S/C8H12FNO3/c1-5(3-6(2)11)10-7(4-9)8(12)13/h3,7,10H,4H2,1-2H3,(H,12,13)/b5-3-. The van der Waals surface area contributed by atoms with E-state index in [-0.39, 0.29) is 5.78 Å². The average Bonchev–Trinajstić information content (AvgIpc) is 1.98. The number of aliphatic carboxylic acids is 1. The van der Waals surface area contributed by atoms with E-state index in [4.69, 9.17) is 5.11 Å². The molecule has 0 radical (unpaired) electrons. The fraction of sp³-hybridized carbons (Fsp3) is 0.500. The number of halogens is 1. The van der Waals surface area contributed by atoms with Gasteiger partial charge in [-0.3, -0.25) is 4.79 Å². The van der Waals surface area contributed by atoms with Crippen LogP contribution in [0.1, 0.15) is 13.8 Å². The third kappa shape index (κ3) is 4.95. The lowest BCUT2D eigenvalue weighted by Gasteiger charge is -2.11. The summed E-state index contributed by atoms with van der Waals surface area (Å²) < 4.78 is 12.1. The first-order valence-corrected chi connectivity index (χ1v) is 3.71. The minimum atomic E-state index is -1.28. The Kier molecular flexibility index (Phi) is 4.72. The van der Waals surface area contributed by atoms with Crippen LogP contribution in [0.25, 0.3) is 0 Å². The molecular formula is C8H12FNO3. The molecule has 4 nitrogen and oxygen atoms in total. The number of carbonyl (C=O) groups excluding carboxylic acids is 1. The van der Waals surface area contributed by atoms with Crippen molar-refractivity contribution in [1.82, 2.24) is 5.32 Å². The van der Waals surface area contributed by atoms with E-state index < -0.39 is 18.7 Å². The van der Waals surface area contributed by atoms with Crippen molar-refractivity contribution >= 4 is 11.8 Å². The fourth-order valence-corrected chi connectivity index (χ4v) is 0.788. The van der Waals surface area contributed by atoms with E-state index in [9.17, 15) is 14.0 Å². The Bertz CT molecular complexity index is 238. The molecule has 0 heterocycles. The zero-order valence-corrected chi connectivity index (χ0v) is 7.50. The zero-order chi connectivity index (χ0) is 10.4. The van der Waals surface area contributed by atoms with Gasteiger partial charge in [0, 0.05) is 5.70 Å².